The van der Waals surface area contributed by atoms with E-state index in [0.29, 0.717) is 17.6 Å². The molecule has 140 valence electrons. The van der Waals surface area contributed by atoms with Crippen LogP contribution >= 0.6 is 11.8 Å². The van der Waals surface area contributed by atoms with E-state index >= 15 is 0 Å². The van der Waals surface area contributed by atoms with Crippen molar-refractivity contribution in [1.82, 2.24) is 14.8 Å². The van der Waals surface area contributed by atoms with Crippen LogP contribution in [-0.4, -0.2) is 19.7 Å². The van der Waals surface area contributed by atoms with Gasteiger partial charge in [-0.05, 0) is 55.1 Å². The van der Waals surface area contributed by atoms with Crippen molar-refractivity contribution in [3.8, 4) is 5.69 Å². The first-order valence-electron chi connectivity index (χ1n) is 7.38. The maximum Gasteiger partial charge on any atom is 0.416 e. The van der Waals surface area contributed by atoms with Crippen molar-refractivity contribution in [2.45, 2.75) is 23.2 Å². The number of aryl methyl sites for hydroxylation is 1. The van der Waals surface area contributed by atoms with Crippen LogP contribution in [0, 0.1) is 22.9 Å². The monoisotopic (exact) mass is 398 g/mol. The molecule has 0 unspecified atom stereocenters. The first kappa shape index (κ1) is 18.8. The minimum absolute atomic E-state index is 0.0243. The van der Waals surface area contributed by atoms with Crippen LogP contribution in [0.25, 0.3) is 5.69 Å². The van der Waals surface area contributed by atoms with E-state index in [1.54, 1.807) is 6.92 Å². The molecule has 1 aromatic heterocycles. The number of hydrogen-bond donors (Lipinski definition) is 0. The summed E-state index contributed by atoms with van der Waals surface area (Å²) in [5.74, 6) is -0.0178. The molecule has 0 bridgehead atoms. The van der Waals surface area contributed by atoms with Gasteiger partial charge in [-0.3, -0.25) is 14.7 Å². The Morgan fingerprint density at radius 3 is 2.37 bits per heavy atom. The Hall–Kier alpha value is -2.95. The molecule has 0 radical (unpaired) electrons. The molecular weight excluding hydrogens is 388 g/mol. The second-order valence-corrected chi connectivity index (χ2v) is 6.39. The zero-order chi connectivity index (χ0) is 19.8. The lowest BCUT2D eigenvalue weighted by Crippen LogP contribution is -2.06. The van der Waals surface area contributed by atoms with E-state index in [2.05, 4.69) is 10.2 Å². The van der Waals surface area contributed by atoms with Gasteiger partial charge in [-0.2, -0.15) is 13.2 Å². The second-order valence-electron chi connectivity index (χ2n) is 5.38. The van der Waals surface area contributed by atoms with E-state index in [1.807, 2.05) is 0 Å². The van der Waals surface area contributed by atoms with Gasteiger partial charge in [0.1, 0.15) is 11.6 Å². The van der Waals surface area contributed by atoms with Gasteiger partial charge in [0.2, 0.25) is 5.16 Å². The van der Waals surface area contributed by atoms with E-state index in [4.69, 9.17) is 0 Å². The molecule has 0 saturated carbocycles. The first-order chi connectivity index (χ1) is 12.7. The minimum atomic E-state index is -4.70. The summed E-state index contributed by atoms with van der Waals surface area (Å²) in [5.41, 5.74) is -1.30. The fraction of sp³-hybridized carbons (Fsp3) is 0.125. The molecule has 27 heavy (non-hydrogen) atoms. The Morgan fingerprint density at radius 1 is 1.11 bits per heavy atom. The van der Waals surface area contributed by atoms with Gasteiger partial charge in [0.15, 0.2) is 0 Å². The molecule has 0 spiro atoms. The number of nitrogens with zero attached hydrogens (tertiary/aromatic N) is 4. The standard InChI is InChI=1S/C16H10F4N4O2S/c1-9-21-22-15(23(9)12-5-3-11(17)4-6-12)27-14-7-2-10(16(18,19)20)8-13(14)24(25)26/h2-8H,1H3. The van der Waals surface area contributed by atoms with Gasteiger partial charge in [-0.1, -0.05) is 0 Å². The molecule has 0 saturated heterocycles. The number of aromatic nitrogens is 3. The highest BCUT2D eigenvalue weighted by atomic mass is 32.2. The third-order valence-electron chi connectivity index (χ3n) is 3.56. The molecule has 2 aromatic carbocycles. The molecule has 0 N–H and O–H groups in total. The van der Waals surface area contributed by atoms with Gasteiger partial charge in [-0.15, -0.1) is 10.2 Å². The van der Waals surface area contributed by atoms with Crippen LogP contribution < -0.4 is 0 Å². The van der Waals surface area contributed by atoms with Gasteiger partial charge in [-0.25, -0.2) is 4.39 Å². The third-order valence-corrected chi connectivity index (χ3v) is 4.58. The molecule has 1 heterocycles. The molecule has 11 heteroatoms. The van der Waals surface area contributed by atoms with E-state index in [1.165, 1.54) is 28.8 Å². The first-order valence-corrected chi connectivity index (χ1v) is 8.20. The molecule has 3 aromatic rings. The summed E-state index contributed by atoms with van der Waals surface area (Å²) in [5, 5.41) is 19.2. The van der Waals surface area contributed by atoms with E-state index < -0.39 is 28.2 Å². The van der Waals surface area contributed by atoms with Crippen molar-refractivity contribution in [2.75, 3.05) is 0 Å². The molecule has 0 fully saturated rings. The average Bonchev–Trinajstić information content (AvgIpc) is 2.95. The number of nitro groups is 1. The second kappa shape index (κ2) is 6.99. The minimum Gasteiger partial charge on any atom is -0.274 e. The lowest BCUT2D eigenvalue weighted by molar-refractivity contribution is -0.388. The predicted molar refractivity (Wildman–Crippen MR) is 88.3 cm³/mol. The summed E-state index contributed by atoms with van der Waals surface area (Å²) in [6, 6.07) is 7.65. The van der Waals surface area contributed by atoms with Crippen molar-refractivity contribution in [2.24, 2.45) is 0 Å². The van der Waals surface area contributed by atoms with Crippen LogP contribution in [0.3, 0.4) is 0 Å². The molecule has 6 nitrogen and oxygen atoms in total. The predicted octanol–water partition coefficient (Wildman–Crippen LogP) is 4.79. The normalized spacial score (nSPS) is 11.6. The molecule has 0 aliphatic rings. The van der Waals surface area contributed by atoms with E-state index in [0.717, 1.165) is 23.9 Å². The van der Waals surface area contributed by atoms with Crippen LogP contribution in [0.5, 0.6) is 0 Å². The highest BCUT2D eigenvalue weighted by Gasteiger charge is 2.33. The summed E-state index contributed by atoms with van der Waals surface area (Å²) in [7, 11) is 0. The number of benzene rings is 2. The van der Waals surface area contributed by atoms with Crippen LogP contribution in [0.2, 0.25) is 0 Å². The third kappa shape index (κ3) is 3.92. The van der Waals surface area contributed by atoms with Crippen LogP contribution in [0.1, 0.15) is 11.4 Å². The lowest BCUT2D eigenvalue weighted by Gasteiger charge is -2.10. The van der Waals surface area contributed by atoms with Crippen LogP contribution in [0.4, 0.5) is 23.2 Å². The maximum absolute atomic E-state index is 13.1. The Balaban J connectivity index is 2.04. The molecular formula is C16H10F4N4O2S. The summed E-state index contributed by atoms with van der Waals surface area (Å²) in [6.07, 6.45) is -4.70. The summed E-state index contributed by atoms with van der Waals surface area (Å²) >= 11 is 0.795. The molecule has 0 aliphatic heterocycles. The quantitative estimate of drug-likeness (QED) is 0.359. The van der Waals surface area contributed by atoms with Crippen molar-refractivity contribution < 1.29 is 22.5 Å². The lowest BCUT2D eigenvalue weighted by atomic mass is 10.2. The number of alkyl halides is 3. The SMILES string of the molecule is Cc1nnc(Sc2ccc(C(F)(F)F)cc2[N+](=O)[O-])n1-c1ccc(F)cc1. The average molecular weight is 398 g/mol. The zero-order valence-electron chi connectivity index (χ0n) is 13.6. The van der Waals surface area contributed by atoms with Gasteiger partial charge in [0, 0.05) is 11.8 Å². The van der Waals surface area contributed by atoms with Gasteiger partial charge < -0.3 is 0 Å². The molecule has 3 rings (SSSR count). The number of hydrogen-bond acceptors (Lipinski definition) is 5. The Morgan fingerprint density at radius 2 is 1.78 bits per heavy atom. The van der Waals surface area contributed by atoms with Crippen LogP contribution in [0.15, 0.2) is 52.5 Å². The Bertz CT molecular complexity index is 1000. The Kier molecular flexibility index (Phi) is 4.87. The van der Waals surface area contributed by atoms with Gasteiger partial charge in [0.25, 0.3) is 5.69 Å². The van der Waals surface area contributed by atoms with E-state index in [-0.39, 0.29) is 10.1 Å². The van der Waals surface area contributed by atoms with Crippen molar-refractivity contribution in [3.05, 3.63) is 69.8 Å². The molecule has 0 aliphatic carbocycles. The van der Waals surface area contributed by atoms with Crippen molar-refractivity contribution in [3.63, 3.8) is 0 Å². The Labute approximate surface area is 154 Å². The highest BCUT2D eigenvalue weighted by molar-refractivity contribution is 7.99. The van der Waals surface area contributed by atoms with Gasteiger partial charge >= 0.3 is 6.18 Å². The molecule has 0 atom stereocenters. The number of rotatable bonds is 4. The maximum atomic E-state index is 13.1. The number of nitro benzene ring substituents is 1. The number of halogens is 4. The topological polar surface area (TPSA) is 73.8 Å². The van der Waals surface area contributed by atoms with Crippen molar-refractivity contribution >= 4 is 17.4 Å². The van der Waals surface area contributed by atoms with E-state index in [9.17, 15) is 27.7 Å². The summed E-state index contributed by atoms with van der Waals surface area (Å²) in [6.45, 7) is 1.63. The summed E-state index contributed by atoms with van der Waals surface area (Å²) < 4.78 is 53.1. The largest absolute Gasteiger partial charge is 0.416 e. The fourth-order valence-electron chi connectivity index (χ4n) is 2.32. The van der Waals surface area contributed by atoms with Crippen molar-refractivity contribution in [1.29, 1.82) is 0 Å². The highest BCUT2D eigenvalue weighted by Crippen LogP contribution is 2.39. The van der Waals surface area contributed by atoms with Gasteiger partial charge in [0.05, 0.1) is 15.4 Å². The fourth-order valence-corrected chi connectivity index (χ4v) is 3.30. The smallest absolute Gasteiger partial charge is 0.274 e. The zero-order valence-corrected chi connectivity index (χ0v) is 14.4. The molecule has 0 amide bonds. The van der Waals surface area contributed by atoms with Crippen LogP contribution in [-0.2, 0) is 6.18 Å². The summed E-state index contributed by atoms with van der Waals surface area (Å²) in [4.78, 5) is 10.3.